The van der Waals surface area contributed by atoms with Gasteiger partial charge in [0.25, 0.3) is 0 Å². The molecule has 0 saturated heterocycles. The van der Waals surface area contributed by atoms with Crippen LogP contribution in [0.5, 0.6) is 0 Å². The molecule has 1 rings (SSSR count). The van der Waals surface area contributed by atoms with Gasteiger partial charge in [-0.3, -0.25) is 0 Å². The number of rotatable bonds is 3. The van der Waals surface area contributed by atoms with Crippen LogP contribution < -0.4 is 0 Å². The van der Waals surface area contributed by atoms with E-state index in [9.17, 15) is 4.79 Å². The molecule has 0 aromatic rings. The minimum absolute atomic E-state index is 0.0289. The first-order valence-corrected chi connectivity index (χ1v) is 6.01. The minimum atomic E-state index is -1.05. The van der Waals surface area contributed by atoms with Crippen LogP contribution in [0.2, 0.25) is 0 Å². The topological polar surface area (TPSA) is 26.3 Å². The van der Waals surface area contributed by atoms with Crippen molar-refractivity contribution in [1.82, 2.24) is 0 Å². The minimum Gasteiger partial charge on any atom is -0.460 e. The number of alkyl halides is 2. The Balaban J connectivity index is 2.44. The summed E-state index contributed by atoms with van der Waals surface area (Å²) in [5.41, 5.74) is 0. The quantitative estimate of drug-likeness (QED) is 0.558. The van der Waals surface area contributed by atoms with Gasteiger partial charge in [0.15, 0.2) is 0 Å². The largest absolute Gasteiger partial charge is 0.460 e. The summed E-state index contributed by atoms with van der Waals surface area (Å²) in [7, 11) is 0. The first-order valence-electron chi connectivity index (χ1n) is 5.13. The molecule has 0 aromatic carbocycles. The zero-order valence-electron chi connectivity index (χ0n) is 8.34. The van der Waals surface area contributed by atoms with Crippen molar-refractivity contribution >= 4 is 29.2 Å². The zero-order valence-corrected chi connectivity index (χ0v) is 9.85. The molecule has 0 bridgehead atoms. The standard InChI is InChI=1S/C10H16Cl2O2/c1-2-7-5-3-4-6-8(7)14-10(13)9(11)12/h7-9H,2-6H2,1H3. The van der Waals surface area contributed by atoms with Gasteiger partial charge in [0, 0.05) is 0 Å². The fourth-order valence-corrected chi connectivity index (χ4v) is 2.10. The van der Waals surface area contributed by atoms with Gasteiger partial charge in [0.2, 0.25) is 4.84 Å². The van der Waals surface area contributed by atoms with Crippen molar-refractivity contribution in [3.63, 3.8) is 0 Å². The first kappa shape index (κ1) is 12.1. The molecule has 0 spiro atoms. The van der Waals surface area contributed by atoms with Crippen molar-refractivity contribution in [3.05, 3.63) is 0 Å². The van der Waals surface area contributed by atoms with Crippen molar-refractivity contribution < 1.29 is 9.53 Å². The average Bonchev–Trinajstić information content (AvgIpc) is 2.18. The van der Waals surface area contributed by atoms with E-state index in [2.05, 4.69) is 6.92 Å². The molecule has 1 aliphatic rings. The average molecular weight is 239 g/mol. The van der Waals surface area contributed by atoms with Crippen molar-refractivity contribution in [3.8, 4) is 0 Å². The number of hydrogen-bond donors (Lipinski definition) is 0. The Morgan fingerprint density at radius 2 is 2.07 bits per heavy atom. The lowest BCUT2D eigenvalue weighted by molar-refractivity contribution is -0.151. The SMILES string of the molecule is CCC1CCCCC1OC(=O)C(Cl)Cl. The maximum atomic E-state index is 11.2. The molecule has 2 nitrogen and oxygen atoms in total. The third-order valence-corrected chi connectivity index (χ3v) is 3.17. The second-order valence-electron chi connectivity index (χ2n) is 3.73. The molecule has 0 aliphatic heterocycles. The summed E-state index contributed by atoms with van der Waals surface area (Å²) in [5, 5.41) is 0. The van der Waals surface area contributed by atoms with Crippen LogP contribution in [0, 0.1) is 5.92 Å². The van der Waals surface area contributed by atoms with Crippen LogP contribution in [0.4, 0.5) is 0 Å². The zero-order chi connectivity index (χ0) is 10.6. The predicted octanol–water partition coefficient (Wildman–Crippen LogP) is 3.30. The molecule has 1 saturated carbocycles. The number of halogens is 2. The summed E-state index contributed by atoms with van der Waals surface area (Å²) < 4.78 is 5.25. The van der Waals surface area contributed by atoms with Gasteiger partial charge in [-0.2, -0.15) is 0 Å². The summed E-state index contributed by atoms with van der Waals surface area (Å²) in [6, 6.07) is 0. The Morgan fingerprint density at radius 3 is 2.64 bits per heavy atom. The molecule has 0 N–H and O–H groups in total. The van der Waals surface area contributed by atoms with E-state index in [4.69, 9.17) is 27.9 Å². The van der Waals surface area contributed by atoms with Crippen molar-refractivity contribution in [1.29, 1.82) is 0 Å². The van der Waals surface area contributed by atoms with E-state index in [1.165, 1.54) is 6.42 Å². The fourth-order valence-electron chi connectivity index (χ4n) is 2.00. The first-order chi connectivity index (χ1) is 6.65. The number of carbonyl (C=O) groups is 1. The molecular weight excluding hydrogens is 223 g/mol. The number of esters is 1. The Morgan fingerprint density at radius 1 is 1.43 bits per heavy atom. The highest BCUT2D eigenvalue weighted by Gasteiger charge is 2.28. The van der Waals surface area contributed by atoms with E-state index in [1.807, 2.05) is 0 Å². The van der Waals surface area contributed by atoms with E-state index >= 15 is 0 Å². The van der Waals surface area contributed by atoms with Crippen LogP contribution in [-0.4, -0.2) is 16.9 Å². The Bertz CT molecular complexity index is 195. The monoisotopic (exact) mass is 238 g/mol. The van der Waals surface area contributed by atoms with Gasteiger partial charge in [-0.05, 0) is 31.6 Å². The lowest BCUT2D eigenvalue weighted by Crippen LogP contribution is -2.31. The molecule has 2 atom stereocenters. The second kappa shape index (κ2) is 5.82. The highest BCUT2D eigenvalue weighted by atomic mass is 35.5. The summed E-state index contributed by atoms with van der Waals surface area (Å²) in [6.07, 6.45) is 5.53. The Hall–Kier alpha value is 0.0500. The van der Waals surface area contributed by atoms with Crippen molar-refractivity contribution in [2.24, 2.45) is 5.92 Å². The molecule has 4 heteroatoms. The molecule has 0 radical (unpaired) electrons. The summed E-state index contributed by atoms with van der Waals surface area (Å²) >= 11 is 10.9. The molecule has 1 fully saturated rings. The normalized spacial score (nSPS) is 27.7. The molecule has 0 heterocycles. The Kier molecular flexibility index (Phi) is 5.04. The highest BCUT2D eigenvalue weighted by Crippen LogP contribution is 2.29. The lowest BCUT2D eigenvalue weighted by atomic mass is 9.85. The van der Waals surface area contributed by atoms with E-state index in [0.717, 1.165) is 25.7 Å². The van der Waals surface area contributed by atoms with Crippen LogP contribution in [-0.2, 0) is 9.53 Å². The van der Waals surface area contributed by atoms with Gasteiger partial charge in [-0.1, -0.05) is 36.5 Å². The third kappa shape index (κ3) is 3.32. The molecule has 82 valence electrons. The molecule has 0 amide bonds. The summed E-state index contributed by atoms with van der Waals surface area (Å²) in [5.74, 6) is -0.0153. The summed E-state index contributed by atoms with van der Waals surface area (Å²) in [6.45, 7) is 2.12. The molecular formula is C10H16Cl2O2. The van der Waals surface area contributed by atoms with Crippen LogP contribution >= 0.6 is 23.2 Å². The van der Waals surface area contributed by atoms with Gasteiger partial charge in [0.05, 0.1) is 0 Å². The maximum Gasteiger partial charge on any atom is 0.339 e. The van der Waals surface area contributed by atoms with E-state index in [-0.39, 0.29) is 6.10 Å². The summed E-state index contributed by atoms with van der Waals surface area (Å²) in [4.78, 5) is 10.1. The van der Waals surface area contributed by atoms with Crippen molar-refractivity contribution in [2.75, 3.05) is 0 Å². The van der Waals surface area contributed by atoms with Gasteiger partial charge in [-0.25, -0.2) is 4.79 Å². The van der Waals surface area contributed by atoms with E-state index in [0.29, 0.717) is 5.92 Å². The van der Waals surface area contributed by atoms with Crippen LogP contribution in [0.3, 0.4) is 0 Å². The predicted molar refractivity (Wildman–Crippen MR) is 57.6 cm³/mol. The molecule has 1 aliphatic carbocycles. The molecule has 14 heavy (non-hydrogen) atoms. The lowest BCUT2D eigenvalue weighted by Gasteiger charge is -2.30. The Labute approximate surface area is 94.9 Å². The third-order valence-electron chi connectivity index (χ3n) is 2.81. The van der Waals surface area contributed by atoms with Gasteiger partial charge in [0.1, 0.15) is 6.10 Å². The van der Waals surface area contributed by atoms with Crippen LogP contribution in [0.1, 0.15) is 39.0 Å². The van der Waals surface area contributed by atoms with Gasteiger partial charge < -0.3 is 4.74 Å². The maximum absolute atomic E-state index is 11.2. The molecule has 0 aromatic heterocycles. The van der Waals surface area contributed by atoms with Gasteiger partial charge >= 0.3 is 5.97 Å². The van der Waals surface area contributed by atoms with Crippen LogP contribution in [0.15, 0.2) is 0 Å². The molecule has 2 unspecified atom stereocenters. The number of ether oxygens (including phenoxy) is 1. The van der Waals surface area contributed by atoms with Crippen molar-refractivity contribution in [2.45, 2.75) is 50.0 Å². The number of hydrogen-bond acceptors (Lipinski definition) is 2. The van der Waals surface area contributed by atoms with E-state index < -0.39 is 10.8 Å². The fraction of sp³-hybridized carbons (Fsp3) is 0.900. The van der Waals surface area contributed by atoms with Crippen LogP contribution in [0.25, 0.3) is 0 Å². The number of carbonyl (C=O) groups excluding carboxylic acids is 1. The smallest absolute Gasteiger partial charge is 0.339 e. The highest BCUT2D eigenvalue weighted by molar-refractivity contribution is 6.52. The van der Waals surface area contributed by atoms with E-state index in [1.54, 1.807) is 0 Å². The second-order valence-corrected chi connectivity index (χ2v) is 4.83. The van der Waals surface area contributed by atoms with Gasteiger partial charge in [-0.15, -0.1) is 0 Å².